The van der Waals surface area contributed by atoms with E-state index < -0.39 is 5.60 Å². The smallest absolute Gasteiger partial charge is 0.245 e. The van der Waals surface area contributed by atoms with Crippen molar-refractivity contribution in [1.82, 2.24) is 15.0 Å². The Hall–Kier alpha value is -2.54. The SMILES string of the molecule is CN1CC(=O)Nc2ncc(-c3ccc(C(C)(C)O)nc3)nc21. The molecule has 0 saturated carbocycles. The van der Waals surface area contributed by atoms with Gasteiger partial charge >= 0.3 is 0 Å². The van der Waals surface area contributed by atoms with Gasteiger partial charge in [0.2, 0.25) is 5.91 Å². The van der Waals surface area contributed by atoms with Crippen molar-refractivity contribution >= 4 is 17.5 Å². The van der Waals surface area contributed by atoms with Crippen LogP contribution < -0.4 is 10.2 Å². The molecule has 0 saturated heterocycles. The molecular weight excluding hydrogens is 282 g/mol. The summed E-state index contributed by atoms with van der Waals surface area (Å²) in [5, 5.41) is 12.6. The van der Waals surface area contributed by atoms with Crippen LogP contribution in [0.4, 0.5) is 11.6 Å². The summed E-state index contributed by atoms with van der Waals surface area (Å²) >= 11 is 0. The van der Waals surface area contributed by atoms with Crippen molar-refractivity contribution in [3.8, 4) is 11.3 Å². The zero-order valence-electron chi connectivity index (χ0n) is 12.7. The van der Waals surface area contributed by atoms with Crippen molar-refractivity contribution in [1.29, 1.82) is 0 Å². The van der Waals surface area contributed by atoms with Crippen LogP contribution in [0.5, 0.6) is 0 Å². The van der Waals surface area contributed by atoms with E-state index in [-0.39, 0.29) is 12.5 Å². The number of carbonyl (C=O) groups is 1. The van der Waals surface area contributed by atoms with Crippen molar-refractivity contribution in [2.45, 2.75) is 19.4 Å². The second-order valence-electron chi connectivity index (χ2n) is 5.82. The van der Waals surface area contributed by atoms with Gasteiger partial charge in [-0.15, -0.1) is 0 Å². The van der Waals surface area contributed by atoms with Crippen LogP contribution in [0.2, 0.25) is 0 Å². The molecule has 7 nitrogen and oxygen atoms in total. The van der Waals surface area contributed by atoms with E-state index in [1.807, 2.05) is 6.07 Å². The van der Waals surface area contributed by atoms with Crippen molar-refractivity contribution in [2.75, 3.05) is 23.8 Å². The van der Waals surface area contributed by atoms with Gasteiger partial charge in [-0.2, -0.15) is 0 Å². The normalized spacial score (nSPS) is 14.5. The van der Waals surface area contributed by atoms with Crippen LogP contribution in [0, 0.1) is 0 Å². The third kappa shape index (κ3) is 2.62. The third-order valence-corrected chi connectivity index (χ3v) is 3.44. The lowest BCUT2D eigenvalue weighted by Gasteiger charge is -2.25. The van der Waals surface area contributed by atoms with Crippen LogP contribution in [-0.2, 0) is 10.4 Å². The fourth-order valence-corrected chi connectivity index (χ4v) is 2.24. The Morgan fingerprint density at radius 1 is 1.27 bits per heavy atom. The number of carbonyl (C=O) groups excluding carboxylic acids is 1. The molecule has 2 aromatic rings. The van der Waals surface area contributed by atoms with Gasteiger partial charge < -0.3 is 15.3 Å². The molecule has 1 aliphatic rings. The van der Waals surface area contributed by atoms with Crippen molar-refractivity contribution in [3.05, 3.63) is 30.2 Å². The molecule has 114 valence electrons. The van der Waals surface area contributed by atoms with E-state index in [1.165, 1.54) is 0 Å². The lowest BCUT2D eigenvalue weighted by Crippen LogP contribution is -2.36. The highest BCUT2D eigenvalue weighted by atomic mass is 16.3. The monoisotopic (exact) mass is 299 g/mol. The number of amides is 1. The van der Waals surface area contributed by atoms with Gasteiger partial charge in [-0.05, 0) is 26.0 Å². The number of anilines is 2. The fourth-order valence-electron chi connectivity index (χ4n) is 2.24. The van der Waals surface area contributed by atoms with Gasteiger partial charge in [0.15, 0.2) is 11.6 Å². The molecule has 0 aliphatic carbocycles. The minimum Gasteiger partial charge on any atom is -0.384 e. The summed E-state index contributed by atoms with van der Waals surface area (Å²) in [5.74, 6) is 0.987. The highest BCUT2D eigenvalue weighted by Crippen LogP contribution is 2.27. The van der Waals surface area contributed by atoms with Gasteiger partial charge in [0.1, 0.15) is 5.60 Å². The molecule has 1 amide bonds. The summed E-state index contributed by atoms with van der Waals surface area (Å²) in [6, 6.07) is 3.61. The quantitative estimate of drug-likeness (QED) is 0.864. The summed E-state index contributed by atoms with van der Waals surface area (Å²) in [5.41, 5.74) is 1.07. The standard InChI is InChI=1S/C15H17N5O2/c1-15(2,22)11-5-4-9(6-16-11)10-7-17-13-14(18-10)20(3)8-12(21)19-13/h4-7,22H,8H2,1-3H3,(H,17,19,21). The second-order valence-corrected chi connectivity index (χ2v) is 5.82. The van der Waals surface area contributed by atoms with E-state index in [9.17, 15) is 9.90 Å². The van der Waals surface area contributed by atoms with Gasteiger partial charge in [-0.3, -0.25) is 9.78 Å². The number of aliphatic hydroxyl groups is 1. The van der Waals surface area contributed by atoms with Crippen LogP contribution in [0.25, 0.3) is 11.3 Å². The predicted octanol–water partition coefficient (Wildman–Crippen LogP) is 1.15. The van der Waals surface area contributed by atoms with Crippen LogP contribution in [0.3, 0.4) is 0 Å². The van der Waals surface area contributed by atoms with Crippen molar-refractivity contribution < 1.29 is 9.90 Å². The first-order chi connectivity index (χ1) is 10.3. The molecule has 0 bridgehead atoms. The topological polar surface area (TPSA) is 91.2 Å². The molecule has 22 heavy (non-hydrogen) atoms. The number of hydrogen-bond donors (Lipinski definition) is 2. The number of rotatable bonds is 2. The number of likely N-dealkylation sites (N-methyl/N-ethyl adjacent to an activating group) is 1. The summed E-state index contributed by atoms with van der Waals surface area (Å²) in [4.78, 5) is 26.3. The van der Waals surface area contributed by atoms with E-state index in [0.717, 1.165) is 5.56 Å². The Morgan fingerprint density at radius 3 is 2.68 bits per heavy atom. The van der Waals surface area contributed by atoms with E-state index in [4.69, 9.17) is 0 Å². The summed E-state index contributed by atoms with van der Waals surface area (Å²) in [6.45, 7) is 3.62. The predicted molar refractivity (Wildman–Crippen MR) is 82.4 cm³/mol. The lowest BCUT2D eigenvalue weighted by molar-refractivity contribution is -0.115. The molecule has 0 unspecified atom stereocenters. The molecule has 7 heteroatoms. The maximum Gasteiger partial charge on any atom is 0.245 e. The van der Waals surface area contributed by atoms with E-state index >= 15 is 0 Å². The first kappa shape index (κ1) is 14.4. The van der Waals surface area contributed by atoms with Crippen molar-refractivity contribution in [3.63, 3.8) is 0 Å². The highest BCUT2D eigenvalue weighted by molar-refractivity contribution is 5.99. The molecule has 0 radical (unpaired) electrons. The molecule has 1 aliphatic heterocycles. The molecule has 3 heterocycles. The summed E-state index contributed by atoms with van der Waals surface area (Å²) in [6.07, 6.45) is 3.25. The molecular formula is C15H17N5O2. The number of fused-ring (bicyclic) bond motifs is 1. The first-order valence-electron chi connectivity index (χ1n) is 6.92. The summed E-state index contributed by atoms with van der Waals surface area (Å²) in [7, 11) is 1.80. The van der Waals surface area contributed by atoms with Gasteiger partial charge in [0.05, 0.1) is 24.1 Å². The number of aromatic nitrogens is 3. The first-order valence-corrected chi connectivity index (χ1v) is 6.92. The third-order valence-electron chi connectivity index (χ3n) is 3.44. The number of nitrogens with zero attached hydrogens (tertiary/aromatic N) is 4. The largest absolute Gasteiger partial charge is 0.384 e. The maximum atomic E-state index is 11.5. The summed E-state index contributed by atoms with van der Waals surface area (Å²) < 4.78 is 0. The average molecular weight is 299 g/mol. The molecule has 2 N–H and O–H groups in total. The van der Waals surface area contributed by atoms with Gasteiger partial charge in [0.25, 0.3) is 0 Å². The van der Waals surface area contributed by atoms with E-state index in [1.54, 1.807) is 44.3 Å². The Balaban J connectivity index is 1.96. The van der Waals surface area contributed by atoms with Crippen LogP contribution in [0.1, 0.15) is 19.5 Å². The van der Waals surface area contributed by atoms with Gasteiger partial charge in [0, 0.05) is 18.8 Å². The maximum absolute atomic E-state index is 11.5. The molecule has 2 aromatic heterocycles. The molecule has 0 aromatic carbocycles. The highest BCUT2D eigenvalue weighted by Gasteiger charge is 2.22. The molecule has 3 rings (SSSR count). The zero-order chi connectivity index (χ0) is 15.9. The Bertz CT molecular complexity index is 722. The van der Waals surface area contributed by atoms with Crippen LogP contribution in [0.15, 0.2) is 24.5 Å². The Morgan fingerprint density at radius 2 is 2.05 bits per heavy atom. The van der Waals surface area contributed by atoms with E-state index in [2.05, 4.69) is 20.3 Å². The van der Waals surface area contributed by atoms with Crippen LogP contribution in [-0.4, -0.2) is 39.6 Å². The lowest BCUT2D eigenvalue weighted by atomic mass is 10.0. The Kier molecular flexibility index (Phi) is 3.29. The minimum absolute atomic E-state index is 0.103. The van der Waals surface area contributed by atoms with Gasteiger partial charge in [-0.25, -0.2) is 9.97 Å². The number of pyridine rings is 1. The molecule has 0 atom stereocenters. The van der Waals surface area contributed by atoms with E-state index in [0.29, 0.717) is 23.0 Å². The molecule has 0 spiro atoms. The zero-order valence-corrected chi connectivity index (χ0v) is 12.7. The number of nitrogens with one attached hydrogen (secondary N) is 1. The Labute approximate surface area is 128 Å². The second kappa shape index (κ2) is 5.03. The van der Waals surface area contributed by atoms with Gasteiger partial charge in [-0.1, -0.05) is 0 Å². The van der Waals surface area contributed by atoms with Crippen LogP contribution >= 0.6 is 0 Å². The molecule has 0 fully saturated rings. The minimum atomic E-state index is -0.982. The number of hydrogen-bond acceptors (Lipinski definition) is 6. The fraction of sp³-hybridized carbons (Fsp3) is 0.333. The average Bonchev–Trinajstić information content (AvgIpc) is 2.46. The van der Waals surface area contributed by atoms with Crippen molar-refractivity contribution in [2.24, 2.45) is 0 Å².